The summed E-state index contributed by atoms with van der Waals surface area (Å²) >= 11 is 0. The number of nitrogens with zero attached hydrogens (tertiary/aromatic N) is 2. The summed E-state index contributed by atoms with van der Waals surface area (Å²) in [7, 11) is 1.68. The van der Waals surface area contributed by atoms with Crippen LogP contribution in [-0.2, 0) is 9.47 Å². The minimum absolute atomic E-state index is 0. The molecule has 0 aliphatic heterocycles. The Morgan fingerprint density at radius 3 is 2.65 bits per heavy atom. The molecular formula is C18H34IN5O2. The third-order valence-electron chi connectivity index (χ3n) is 3.36. The molecule has 0 unspecified atom stereocenters. The molecule has 0 atom stereocenters. The van der Waals surface area contributed by atoms with Crippen LogP contribution in [0.2, 0.25) is 0 Å². The zero-order valence-corrected chi connectivity index (χ0v) is 18.3. The average molecular weight is 479 g/mol. The molecule has 1 aromatic heterocycles. The van der Waals surface area contributed by atoms with Gasteiger partial charge in [-0.25, -0.2) is 4.98 Å². The van der Waals surface area contributed by atoms with Gasteiger partial charge in [0.05, 0.1) is 13.2 Å². The number of guanidine groups is 1. The quantitative estimate of drug-likeness (QED) is 0.165. The molecule has 7 nitrogen and oxygen atoms in total. The standard InChI is InChI=1S/C18H33N5O2.HI/c1-3-19-18(23-13-8-14-25-16-15-24-2)22-12-7-6-11-21-17-9-4-5-10-20-17;/h4-5,9-10H,3,6-8,11-16H2,1-2H3,(H,20,21)(H2,19,22,23);1H. The van der Waals surface area contributed by atoms with E-state index in [2.05, 4.69) is 32.9 Å². The Morgan fingerprint density at radius 1 is 1.08 bits per heavy atom. The van der Waals surface area contributed by atoms with Crippen LogP contribution in [0.5, 0.6) is 0 Å². The van der Waals surface area contributed by atoms with Gasteiger partial charge in [-0.3, -0.25) is 4.99 Å². The van der Waals surface area contributed by atoms with Gasteiger partial charge in [0, 0.05) is 46.1 Å². The third-order valence-corrected chi connectivity index (χ3v) is 3.36. The first-order chi connectivity index (χ1) is 12.4. The predicted octanol–water partition coefficient (Wildman–Crippen LogP) is 2.50. The van der Waals surface area contributed by atoms with Gasteiger partial charge >= 0.3 is 0 Å². The molecule has 150 valence electrons. The van der Waals surface area contributed by atoms with E-state index < -0.39 is 0 Å². The zero-order chi connectivity index (χ0) is 18.0. The number of hydrogen-bond acceptors (Lipinski definition) is 5. The number of ether oxygens (including phenoxy) is 2. The molecule has 0 amide bonds. The lowest BCUT2D eigenvalue weighted by Crippen LogP contribution is -2.38. The molecule has 0 aliphatic carbocycles. The van der Waals surface area contributed by atoms with E-state index >= 15 is 0 Å². The third kappa shape index (κ3) is 14.1. The summed E-state index contributed by atoms with van der Waals surface area (Å²) in [5.41, 5.74) is 0. The van der Waals surface area contributed by atoms with Crippen LogP contribution in [-0.4, -0.2) is 64.1 Å². The first kappa shape index (κ1) is 24.9. The minimum Gasteiger partial charge on any atom is -0.382 e. The Labute approximate surface area is 174 Å². The van der Waals surface area contributed by atoms with Crippen molar-refractivity contribution in [3.63, 3.8) is 0 Å². The molecular weight excluding hydrogens is 445 g/mol. The molecule has 0 spiro atoms. The first-order valence-electron chi connectivity index (χ1n) is 9.10. The number of halogens is 1. The molecule has 0 aromatic carbocycles. The van der Waals surface area contributed by atoms with Crippen molar-refractivity contribution in [1.29, 1.82) is 0 Å². The summed E-state index contributed by atoms with van der Waals surface area (Å²) in [4.78, 5) is 8.80. The topological polar surface area (TPSA) is 79.8 Å². The maximum atomic E-state index is 5.43. The molecule has 0 radical (unpaired) electrons. The SMILES string of the molecule is CCNC(=NCCCOCCOC)NCCCCNc1ccccn1.I. The van der Waals surface area contributed by atoms with Gasteiger partial charge in [0.1, 0.15) is 5.82 Å². The molecule has 0 aliphatic rings. The van der Waals surface area contributed by atoms with E-state index in [0.29, 0.717) is 19.8 Å². The summed E-state index contributed by atoms with van der Waals surface area (Å²) in [6.45, 7) is 7.51. The Balaban J connectivity index is 0.00000625. The smallest absolute Gasteiger partial charge is 0.191 e. The van der Waals surface area contributed by atoms with Crippen LogP contribution < -0.4 is 16.0 Å². The molecule has 1 heterocycles. The van der Waals surface area contributed by atoms with Crippen LogP contribution >= 0.6 is 24.0 Å². The van der Waals surface area contributed by atoms with Gasteiger partial charge in [-0.05, 0) is 38.3 Å². The normalized spacial score (nSPS) is 10.9. The zero-order valence-electron chi connectivity index (χ0n) is 16.0. The second-order valence-electron chi connectivity index (χ2n) is 5.50. The molecule has 26 heavy (non-hydrogen) atoms. The van der Waals surface area contributed by atoms with Crippen molar-refractivity contribution in [3.05, 3.63) is 24.4 Å². The van der Waals surface area contributed by atoms with Crippen molar-refractivity contribution in [2.24, 2.45) is 4.99 Å². The Kier molecular flexibility index (Phi) is 17.8. The monoisotopic (exact) mass is 479 g/mol. The average Bonchev–Trinajstić information content (AvgIpc) is 2.64. The molecule has 0 saturated heterocycles. The van der Waals surface area contributed by atoms with Crippen molar-refractivity contribution in [2.45, 2.75) is 26.2 Å². The number of aliphatic imine (C=N–C) groups is 1. The highest BCUT2D eigenvalue weighted by Gasteiger charge is 1.97. The number of rotatable bonds is 14. The Bertz CT molecular complexity index is 448. The molecule has 0 fully saturated rings. The highest BCUT2D eigenvalue weighted by Crippen LogP contribution is 2.00. The minimum atomic E-state index is 0. The van der Waals surface area contributed by atoms with E-state index in [1.165, 1.54) is 0 Å². The lowest BCUT2D eigenvalue weighted by atomic mass is 10.3. The van der Waals surface area contributed by atoms with Crippen LogP contribution in [0.1, 0.15) is 26.2 Å². The number of hydrogen-bond donors (Lipinski definition) is 3. The maximum Gasteiger partial charge on any atom is 0.191 e. The highest BCUT2D eigenvalue weighted by molar-refractivity contribution is 14.0. The van der Waals surface area contributed by atoms with Crippen molar-refractivity contribution in [3.8, 4) is 0 Å². The van der Waals surface area contributed by atoms with Crippen LogP contribution in [0.15, 0.2) is 29.4 Å². The highest BCUT2D eigenvalue weighted by atomic mass is 127. The Hall–Kier alpha value is -1.13. The van der Waals surface area contributed by atoms with E-state index in [-0.39, 0.29) is 24.0 Å². The molecule has 3 N–H and O–H groups in total. The fraction of sp³-hybridized carbons (Fsp3) is 0.667. The molecule has 1 rings (SSSR count). The van der Waals surface area contributed by atoms with E-state index in [1.807, 2.05) is 18.2 Å². The van der Waals surface area contributed by atoms with E-state index in [1.54, 1.807) is 13.3 Å². The van der Waals surface area contributed by atoms with Crippen molar-refractivity contribution < 1.29 is 9.47 Å². The van der Waals surface area contributed by atoms with Gasteiger partial charge in [-0.1, -0.05) is 6.07 Å². The first-order valence-corrected chi connectivity index (χ1v) is 9.10. The molecule has 1 aromatic rings. The maximum absolute atomic E-state index is 5.43. The van der Waals surface area contributed by atoms with Crippen molar-refractivity contribution >= 4 is 35.8 Å². The molecule has 0 bridgehead atoms. The van der Waals surface area contributed by atoms with Crippen molar-refractivity contribution in [2.75, 3.05) is 58.4 Å². The number of anilines is 1. The van der Waals surface area contributed by atoms with Gasteiger partial charge in [-0.15, -0.1) is 24.0 Å². The second-order valence-corrected chi connectivity index (χ2v) is 5.50. The van der Waals surface area contributed by atoms with Gasteiger partial charge in [0.2, 0.25) is 0 Å². The number of unbranched alkanes of at least 4 members (excludes halogenated alkanes) is 1. The summed E-state index contributed by atoms with van der Waals surface area (Å²) < 4.78 is 10.4. The lowest BCUT2D eigenvalue weighted by molar-refractivity contribution is 0.0702. The van der Waals surface area contributed by atoms with Crippen LogP contribution in [0.4, 0.5) is 5.82 Å². The lowest BCUT2D eigenvalue weighted by Gasteiger charge is -2.11. The molecule has 8 heteroatoms. The Morgan fingerprint density at radius 2 is 1.92 bits per heavy atom. The van der Waals surface area contributed by atoms with E-state index in [4.69, 9.17) is 9.47 Å². The van der Waals surface area contributed by atoms with Crippen LogP contribution in [0.25, 0.3) is 0 Å². The number of aromatic nitrogens is 1. The largest absolute Gasteiger partial charge is 0.382 e. The van der Waals surface area contributed by atoms with Gasteiger partial charge < -0.3 is 25.4 Å². The van der Waals surface area contributed by atoms with Crippen LogP contribution in [0, 0.1) is 0 Å². The van der Waals surface area contributed by atoms with E-state index in [0.717, 1.165) is 57.2 Å². The number of pyridine rings is 1. The fourth-order valence-electron chi connectivity index (χ4n) is 2.08. The van der Waals surface area contributed by atoms with Gasteiger partial charge in [0.15, 0.2) is 5.96 Å². The van der Waals surface area contributed by atoms with Gasteiger partial charge in [0.25, 0.3) is 0 Å². The number of methoxy groups -OCH3 is 1. The predicted molar refractivity (Wildman–Crippen MR) is 119 cm³/mol. The summed E-state index contributed by atoms with van der Waals surface area (Å²) in [6, 6.07) is 5.88. The van der Waals surface area contributed by atoms with Gasteiger partial charge in [-0.2, -0.15) is 0 Å². The summed E-state index contributed by atoms with van der Waals surface area (Å²) in [5.74, 6) is 1.80. The van der Waals surface area contributed by atoms with E-state index in [9.17, 15) is 0 Å². The number of nitrogens with one attached hydrogen (secondary N) is 3. The molecule has 0 saturated carbocycles. The fourth-order valence-corrected chi connectivity index (χ4v) is 2.08. The van der Waals surface area contributed by atoms with Crippen molar-refractivity contribution in [1.82, 2.24) is 15.6 Å². The second kappa shape index (κ2) is 18.7. The summed E-state index contributed by atoms with van der Waals surface area (Å²) in [5, 5.41) is 9.94. The van der Waals surface area contributed by atoms with Crippen LogP contribution in [0.3, 0.4) is 0 Å². The summed E-state index contributed by atoms with van der Waals surface area (Å²) in [6.07, 6.45) is 4.86.